The highest BCUT2D eigenvalue weighted by Crippen LogP contribution is 2.37. The van der Waals surface area contributed by atoms with Gasteiger partial charge in [-0.05, 0) is 12.5 Å². The quantitative estimate of drug-likeness (QED) is 0.828. The van der Waals surface area contributed by atoms with Gasteiger partial charge in [0.05, 0.1) is 24.4 Å². The molecule has 1 heterocycles. The zero-order chi connectivity index (χ0) is 14.7. The first-order valence-corrected chi connectivity index (χ1v) is 6.17. The van der Waals surface area contributed by atoms with Crippen LogP contribution in [0.4, 0.5) is 0 Å². The number of hydrogen-bond donors (Lipinski definition) is 1. The molecular formula is C15H15N3O2. The van der Waals surface area contributed by atoms with Crippen LogP contribution in [0, 0.1) is 17.2 Å². The number of rotatable bonds is 2. The predicted molar refractivity (Wildman–Crippen MR) is 74.6 cm³/mol. The minimum atomic E-state index is -0.671. The molecule has 0 fully saturated rings. The van der Waals surface area contributed by atoms with Crippen molar-refractivity contribution in [2.24, 2.45) is 16.6 Å². The molecule has 20 heavy (non-hydrogen) atoms. The molecule has 2 unspecified atom stereocenters. The summed E-state index contributed by atoms with van der Waals surface area (Å²) in [5.41, 5.74) is 7.58. The minimum Gasteiger partial charge on any atom is -0.466 e. The molecule has 102 valence electrons. The molecule has 2 atom stereocenters. The van der Waals surface area contributed by atoms with Crippen molar-refractivity contribution < 1.29 is 9.53 Å². The third kappa shape index (κ3) is 2.28. The van der Waals surface area contributed by atoms with Crippen LogP contribution in [0.5, 0.6) is 0 Å². The van der Waals surface area contributed by atoms with Crippen LogP contribution in [0.3, 0.4) is 0 Å². The normalized spacial score (nSPS) is 21.9. The molecule has 0 amide bonds. The summed E-state index contributed by atoms with van der Waals surface area (Å²) in [6.07, 6.45) is 0. The third-order valence-electron chi connectivity index (χ3n) is 3.35. The van der Waals surface area contributed by atoms with Gasteiger partial charge in [0.2, 0.25) is 0 Å². The molecule has 0 bridgehead atoms. The number of esters is 1. The highest BCUT2D eigenvalue weighted by molar-refractivity contribution is 5.97. The van der Waals surface area contributed by atoms with Gasteiger partial charge in [-0.3, -0.25) is 0 Å². The second-order valence-electron chi connectivity index (χ2n) is 4.52. The van der Waals surface area contributed by atoms with Gasteiger partial charge in [-0.15, -0.1) is 0 Å². The third-order valence-corrected chi connectivity index (χ3v) is 3.35. The van der Waals surface area contributed by atoms with Crippen molar-refractivity contribution in [3.05, 3.63) is 47.2 Å². The molecule has 0 saturated heterocycles. The van der Waals surface area contributed by atoms with Gasteiger partial charge in [-0.1, -0.05) is 30.3 Å². The van der Waals surface area contributed by atoms with Crippen molar-refractivity contribution in [2.75, 3.05) is 7.11 Å². The zero-order valence-corrected chi connectivity index (χ0v) is 11.3. The second-order valence-corrected chi connectivity index (χ2v) is 4.52. The molecule has 1 aliphatic heterocycles. The van der Waals surface area contributed by atoms with E-state index in [9.17, 15) is 10.1 Å². The Morgan fingerprint density at radius 1 is 1.40 bits per heavy atom. The number of nitrogens with two attached hydrogens (primary N) is 1. The fourth-order valence-electron chi connectivity index (χ4n) is 2.43. The van der Waals surface area contributed by atoms with E-state index in [1.54, 1.807) is 6.92 Å². The number of amidine groups is 1. The van der Waals surface area contributed by atoms with E-state index < -0.39 is 17.8 Å². The molecule has 0 aliphatic carbocycles. The first kappa shape index (κ1) is 13.8. The summed E-state index contributed by atoms with van der Waals surface area (Å²) in [7, 11) is 1.31. The fraction of sp³-hybridized carbons (Fsp3) is 0.267. The van der Waals surface area contributed by atoms with E-state index >= 15 is 0 Å². The van der Waals surface area contributed by atoms with Crippen LogP contribution < -0.4 is 5.73 Å². The summed E-state index contributed by atoms with van der Waals surface area (Å²) in [4.78, 5) is 16.1. The Morgan fingerprint density at radius 2 is 2.05 bits per heavy atom. The van der Waals surface area contributed by atoms with E-state index in [1.165, 1.54) is 7.11 Å². The number of hydrogen-bond acceptors (Lipinski definition) is 5. The molecule has 0 spiro atoms. The van der Waals surface area contributed by atoms with E-state index in [0.717, 1.165) is 5.56 Å². The lowest BCUT2D eigenvalue weighted by molar-refractivity contribution is -0.136. The molecule has 0 saturated carbocycles. The predicted octanol–water partition coefficient (Wildman–Crippen LogP) is 1.73. The Labute approximate surface area is 117 Å². The number of carbonyl (C=O) groups excluding carboxylic acids is 1. The molecule has 1 aromatic carbocycles. The van der Waals surface area contributed by atoms with Crippen molar-refractivity contribution in [2.45, 2.75) is 12.8 Å². The highest BCUT2D eigenvalue weighted by atomic mass is 16.5. The SMILES string of the molecule is COC(=O)C1=C(C)N=C(N)C(C#N)C1c1ccccc1. The van der Waals surface area contributed by atoms with Crippen molar-refractivity contribution in [3.8, 4) is 6.07 Å². The molecule has 5 heteroatoms. The summed E-state index contributed by atoms with van der Waals surface area (Å²) in [6, 6.07) is 11.5. The Hall–Kier alpha value is -2.61. The van der Waals surface area contributed by atoms with E-state index in [4.69, 9.17) is 10.5 Å². The number of nitriles is 1. The van der Waals surface area contributed by atoms with Crippen molar-refractivity contribution >= 4 is 11.8 Å². The van der Waals surface area contributed by atoms with Crippen molar-refractivity contribution in [1.29, 1.82) is 5.26 Å². The van der Waals surface area contributed by atoms with Gasteiger partial charge in [-0.25, -0.2) is 9.79 Å². The molecule has 2 rings (SSSR count). The maximum atomic E-state index is 12.0. The summed E-state index contributed by atoms with van der Waals surface area (Å²) < 4.78 is 4.82. The van der Waals surface area contributed by atoms with E-state index in [-0.39, 0.29) is 5.84 Å². The average Bonchev–Trinajstić information content (AvgIpc) is 2.46. The van der Waals surface area contributed by atoms with Gasteiger partial charge in [0.25, 0.3) is 0 Å². The second kappa shape index (κ2) is 5.57. The van der Waals surface area contributed by atoms with Crippen LogP contribution in [0.2, 0.25) is 0 Å². The van der Waals surface area contributed by atoms with Crippen LogP contribution in [0.15, 0.2) is 46.6 Å². The van der Waals surface area contributed by atoms with Crippen LogP contribution in [-0.4, -0.2) is 18.9 Å². The Morgan fingerprint density at radius 3 is 2.60 bits per heavy atom. The van der Waals surface area contributed by atoms with Gasteiger partial charge in [0.1, 0.15) is 11.8 Å². The lowest BCUT2D eigenvalue weighted by atomic mass is 9.78. The van der Waals surface area contributed by atoms with Crippen molar-refractivity contribution in [1.82, 2.24) is 0 Å². The maximum absolute atomic E-state index is 12.0. The lowest BCUT2D eigenvalue weighted by Crippen LogP contribution is -2.34. The Bertz CT molecular complexity index is 626. The van der Waals surface area contributed by atoms with Gasteiger partial charge < -0.3 is 10.5 Å². The molecule has 5 nitrogen and oxygen atoms in total. The molecule has 0 aromatic heterocycles. The first-order valence-electron chi connectivity index (χ1n) is 6.17. The molecule has 1 aromatic rings. The van der Waals surface area contributed by atoms with Gasteiger partial charge in [0.15, 0.2) is 0 Å². The Kier molecular flexibility index (Phi) is 3.85. The van der Waals surface area contributed by atoms with Gasteiger partial charge >= 0.3 is 5.97 Å². The molecule has 1 aliphatic rings. The lowest BCUT2D eigenvalue weighted by Gasteiger charge is -2.28. The van der Waals surface area contributed by atoms with Crippen molar-refractivity contribution in [3.63, 3.8) is 0 Å². The zero-order valence-electron chi connectivity index (χ0n) is 11.3. The van der Waals surface area contributed by atoms with Crippen LogP contribution in [-0.2, 0) is 9.53 Å². The number of methoxy groups -OCH3 is 1. The van der Waals surface area contributed by atoms with Crippen LogP contribution in [0.1, 0.15) is 18.4 Å². The van der Waals surface area contributed by atoms with E-state index in [2.05, 4.69) is 11.1 Å². The first-order chi connectivity index (χ1) is 9.60. The number of nitrogens with zero attached hydrogens (tertiary/aromatic N) is 2. The van der Waals surface area contributed by atoms with E-state index in [1.807, 2.05) is 30.3 Å². The number of carbonyl (C=O) groups is 1. The van der Waals surface area contributed by atoms with Crippen LogP contribution >= 0.6 is 0 Å². The summed E-state index contributed by atoms with van der Waals surface area (Å²) in [5, 5.41) is 9.37. The average molecular weight is 269 g/mol. The van der Waals surface area contributed by atoms with Gasteiger partial charge in [0, 0.05) is 5.92 Å². The Balaban J connectivity index is 2.62. The fourth-order valence-corrected chi connectivity index (χ4v) is 2.43. The van der Waals surface area contributed by atoms with Crippen LogP contribution in [0.25, 0.3) is 0 Å². The maximum Gasteiger partial charge on any atom is 0.336 e. The number of allylic oxidation sites excluding steroid dienone is 1. The minimum absolute atomic E-state index is 0.228. The molecule has 0 radical (unpaired) electrons. The number of aliphatic imine (C=N–C) groups is 1. The summed E-state index contributed by atoms with van der Waals surface area (Å²) in [5.74, 6) is -1.37. The number of ether oxygens (including phenoxy) is 1. The topological polar surface area (TPSA) is 88.5 Å². The largest absolute Gasteiger partial charge is 0.466 e. The standard InChI is InChI=1S/C15H15N3O2/c1-9-12(15(19)20-2)13(10-6-4-3-5-7-10)11(8-16)14(17)18-9/h3-7,11,13H,1-2H3,(H2,17,18). The highest BCUT2D eigenvalue weighted by Gasteiger charge is 2.38. The van der Waals surface area contributed by atoms with Gasteiger partial charge in [-0.2, -0.15) is 5.26 Å². The molecule has 2 N–H and O–H groups in total. The smallest absolute Gasteiger partial charge is 0.336 e. The number of benzene rings is 1. The summed E-state index contributed by atoms with van der Waals surface area (Å²) >= 11 is 0. The van der Waals surface area contributed by atoms with E-state index in [0.29, 0.717) is 11.3 Å². The monoisotopic (exact) mass is 269 g/mol. The molecular weight excluding hydrogens is 254 g/mol. The summed E-state index contributed by atoms with van der Waals surface area (Å²) in [6.45, 7) is 1.70.